The second-order valence-electron chi connectivity index (χ2n) is 4.69. The Morgan fingerprint density at radius 3 is 1.34 bits per heavy atom. The third-order valence-electron chi connectivity index (χ3n) is 2.73. The van der Waals surface area contributed by atoms with Gasteiger partial charge in [0.15, 0.2) is 5.97 Å². The first kappa shape index (κ1) is 33.6. The van der Waals surface area contributed by atoms with Gasteiger partial charge in [-0.1, -0.05) is 32.8 Å². The van der Waals surface area contributed by atoms with Crippen LogP contribution in [0.15, 0.2) is 45.1 Å². The third kappa shape index (κ3) is 25.0. The average Bonchev–Trinajstić information content (AvgIpc) is 2.78. The standard InChI is InChI=1S/C5H6N.2C4H8N2O2.C4H7O2.Co/c1-2-4-6-5-3-1;2*1-3(5-7)4(2)6-8;1-3-4(5)6-2;/h1-4H,5H2;2*7-8H,1-2H3;3H,1-2H3;/q-1;;;-1;+2. The summed E-state index contributed by atoms with van der Waals surface area (Å²) in [6.45, 7) is 8.64. The van der Waals surface area contributed by atoms with Crippen LogP contribution in [0.3, 0.4) is 0 Å². The second kappa shape index (κ2) is 25.0. The number of carbonyl (C=O) groups is 1. The van der Waals surface area contributed by atoms with Crippen molar-refractivity contribution in [2.75, 3.05) is 13.7 Å². The fraction of sp³-hybridized carbons (Fsp3) is 0.412. The molecule has 11 nitrogen and oxygen atoms in total. The predicted molar refractivity (Wildman–Crippen MR) is 108 cm³/mol. The molecule has 1 rings (SSSR count). The number of oxime groups is 4. The first-order valence-corrected chi connectivity index (χ1v) is 7.86. The fourth-order valence-electron chi connectivity index (χ4n) is 0.779. The Balaban J connectivity index is -0.000000143. The van der Waals surface area contributed by atoms with Gasteiger partial charge in [-0.25, -0.2) is 0 Å². The quantitative estimate of drug-likeness (QED) is 0.166. The summed E-state index contributed by atoms with van der Waals surface area (Å²) in [5.74, 6) is -0.282. The van der Waals surface area contributed by atoms with E-state index in [-0.39, 0.29) is 22.7 Å². The van der Waals surface area contributed by atoms with Crippen LogP contribution in [0, 0.1) is 6.42 Å². The molecule has 167 valence electrons. The van der Waals surface area contributed by atoms with E-state index in [2.05, 4.69) is 30.7 Å². The van der Waals surface area contributed by atoms with Gasteiger partial charge in [-0.2, -0.15) is 13.1 Å². The molecule has 0 fully saturated rings. The van der Waals surface area contributed by atoms with Crippen LogP contribution in [-0.4, -0.2) is 63.3 Å². The van der Waals surface area contributed by atoms with E-state index >= 15 is 0 Å². The van der Waals surface area contributed by atoms with E-state index in [9.17, 15) is 4.79 Å². The van der Waals surface area contributed by atoms with Gasteiger partial charge in [0.05, 0.1) is 7.11 Å². The summed E-state index contributed by atoms with van der Waals surface area (Å²) >= 11 is 0. The summed E-state index contributed by atoms with van der Waals surface area (Å²) in [6, 6.07) is 0. The zero-order chi connectivity index (χ0) is 22.4. The van der Waals surface area contributed by atoms with E-state index in [1.54, 1.807) is 13.1 Å². The summed E-state index contributed by atoms with van der Waals surface area (Å²) in [7, 11) is 1.35. The van der Waals surface area contributed by atoms with Crippen molar-refractivity contribution in [3.8, 4) is 0 Å². The van der Waals surface area contributed by atoms with Crippen molar-refractivity contribution in [2.45, 2.75) is 34.6 Å². The Hall–Kier alpha value is -2.99. The first-order chi connectivity index (χ1) is 13.2. The molecule has 4 N–H and O–H groups in total. The summed E-state index contributed by atoms with van der Waals surface area (Å²) in [4.78, 5) is 9.90. The number of carbonyl (C=O) groups excluding carboxylic acids is 1. The Morgan fingerprint density at radius 2 is 1.28 bits per heavy atom. The smallest absolute Gasteiger partial charge is 0.687 e. The molecule has 29 heavy (non-hydrogen) atoms. The van der Waals surface area contributed by atoms with Crippen molar-refractivity contribution in [1.82, 2.24) is 0 Å². The number of methoxy groups -OCH3 is 1. The molecule has 12 heteroatoms. The Bertz CT molecular complexity index is 519. The van der Waals surface area contributed by atoms with E-state index in [0.29, 0.717) is 22.8 Å². The van der Waals surface area contributed by atoms with Crippen LogP contribution >= 0.6 is 0 Å². The van der Waals surface area contributed by atoms with Crippen LogP contribution in [0.1, 0.15) is 34.6 Å². The molecular formula is C17H29CoN5O6. The van der Waals surface area contributed by atoms with Crippen molar-refractivity contribution in [2.24, 2.45) is 20.6 Å². The summed E-state index contributed by atoms with van der Waals surface area (Å²) in [6.07, 6.45) is 9.09. The van der Waals surface area contributed by atoms with Crippen molar-refractivity contribution in [1.29, 1.82) is 0 Å². The van der Waals surface area contributed by atoms with Crippen LogP contribution in [0.4, 0.5) is 0 Å². The molecule has 0 aromatic carbocycles. The first-order valence-electron chi connectivity index (χ1n) is 7.86. The van der Waals surface area contributed by atoms with Crippen molar-refractivity contribution < 1.29 is 47.1 Å². The van der Waals surface area contributed by atoms with Gasteiger partial charge in [0, 0.05) is 0 Å². The molecule has 0 bridgehead atoms. The van der Waals surface area contributed by atoms with Crippen molar-refractivity contribution in [3.63, 3.8) is 0 Å². The fourth-order valence-corrected chi connectivity index (χ4v) is 0.779. The van der Waals surface area contributed by atoms with Gasteiger partial charge in [0.25, 0.3) is 0 Å². The molecule has 0 saturated carbocycles. The molecule has 0 atom stereocenters. The molecule has 0 unspecified atom stereocenters. The van der Waals surface area contributed by atoms with E-state index < -0.39 is 0 Å². The van der Waals surface area contributed by atoms with Crippen LogP contribution in [-0.2, 0) is 26.3 Å². The van der Waals surface area contributed by atoms with Gasteiger partial charge in [0.1, 0.15) is 22.8 Å². The van der Waals surface area contributed by atoms with Crippen LogP contribution in [0.25, 0.3) is 5.32 Å². The van der Waals surface area contributed by atoms with Gasteiger partial charge in [-0.15, -0.1) is 12.6 Å². The maximum atomic E-state index is 9.90. The molecule has 1 radical (unpaired) electrons. The minimum absolute atomic E-state index is 0. The predicted octanol–water partition coefficient (Wildman–Crippen LogP) is 3.20. The van der Waals surface area contributed by atoms with E-state index in [0.717, 1.165) is 6.54 Å². The maximum absolute atomic E-state index is 9.90. The third-order valence-corrected chi connectivity index (χ3v) is 2.73. The molecule has 1 heterocycles. The molecule has 0 saturated heterocycles. The van der Waals surface area contributed by atoms with Gasteiger partial charge >= 0.3 is 16.8 Å². The normalized spacial score (nSPS) is 12.9. The number of esters is 1. The number of allylic oxidation sites excluding steroid dienone is 2. The molecule has 0 aliphatic carbocycles. The summed E-state index contributed by atoms with van der Waals surface area (Å²) in [5, 5.41) is 47.2. The summed E-state index contributed by atoms with van der Waals surface area (Å²) < 4.78 is 4.20. The number of rotatable bonds is 3. The van der Waals surface area contributed by atoms with E-state index in [1.165, 1.54) is 41.2 Å². The minimum atomic E-state index is -0.282. The van der Waals surface area contributed by atoms with Crippen molar-refractivity contribution >= 4 is 28.8 Å². The SMILES string of the molecule is C1=CC[N-]C=C1.CC(=NO)C(C)=NO.CC(=NO)C(C)=NO.C[CH-]C(=O)OC.[Co+2]. The zero-order valence-corrected chi connectivity index (χ0v) is 18.3. The van der Waals surface area contributed by atoms with Crippen molar-refractivity contribution in [3.05, 3.63) is 36.2 Å². The van der Waals surface area contributed by atoms with Gasteiger partial charge in [-0.3, -0.25) is 11.2 Å². The van der Waals surface area contributed by atoms with E-state index in [4.69, 9.17) is 20.8 Å². The molecular weight excluding hydrogens is 429 g/mol. The number of ether oxygens (including phenoxy) is 1. The number of nitrogens with zero attached hydrogens (tertiary/aromatic N) is 5. The van der Waals surface area contributed by atoms with Crippen LogP contribution in [0.5, 0.6) is 0 Å². The second-order valence-corrected chi connectivity index (χ2v) is 4.69. The average molecular weight is 458 g/mol. The molecule has 1 aliphatic heterocycles. The Labute approximate surface area is 181 Å². The molecule has 0 spiro atoms. The van der Waals surface area contributed by atoms with Gasteiger partial charge in [-0.05, 0) is 27.7 Å². The Kier molecular flexibility index (Phi) is 29.0. The van der Waals surface area contributed by atoms with Gasteiger partial charge < -0.3 is 30.9 Å². The minimum Gasteiger partial charge on any atom is -0.687 e. The van der Waals surface area contributed by atoms with Crippen LogP contribution in [0.2, 0.25) is 0 Å². The number of hydrogen-bond acceptors (Lipinski definition) is 10. The van der Waals surface area contributed by atoms with Gasteiger partial charge in [0.2, 0.25) is 0 Å². The summed E-state index contributed by atoms with van der Waals surface area (Å²) in [5.41, 5.74) is 1.25. The largest absolute Gasteiger partial charge is 2.00 e. The Morgan fingerprint density at radius 1 is 0.897 bits per heavy atom. The molecule has 0 amide bonds. The zero-order valence-electron chi connectivity index (χ0n) is 17.3. The topological polar surface area (TPSA) is 171 Å². The van der Waals surface area contributed by atoms with E-state index in [1.807, 2.05) is 18.2 Å². The monoisotopic (exact) mass is 458 g/mol. The molecule has 0 aromatic heterocycles. The van der Waals surface area contributed by atoms with Crippen LogP contribution < -0.4 is 0 Å². The maximum Gasteiger partial charge on any atom is 2.00 e. The number of hydrogen-bond donors (Lipinski definition) is 4. The molecule has 1 aliphatic rings. The molecule has 0 aromatic rings.